The monoisotopic (exact) mass is 368 g/mol. The highest BCUT2D eigenvalue weighted by Crippen LogP contribution is 2.41. The molecule has 2 heterocycles. The number of benzene rings is 1. The van der Waals surface area contributed by atoms with E-state index in [-0.39, 0.29) is 28.6 Å². The van der Waals surface area contributed by atoms with E-state index in [0.29, 0.717) is 18.4 Å². The summed E-state index contributed by atoms with van der Waals surface area (Å²) in [7, 11) is -1.10. The zero-order valence-electron chi connectivity index (χ0n) is 12.4. The van der Waals surface area contributed by atoms with Gasteiger partial charge in [0.05, 0.1) is 16.4 Å². The summed E-state index contributed by atoms with van der Waals surface area (Å²) in [5.74, 6) is 0. The Balaban J connectivity index is 2.09. The number of alkyl halides is 6. The molecular formula is C16H14F6OS. The molecule has 3 atom stereocenters. The first-order valence-corrected chi connectivity index (χ1v) is 8.73. The summed E-state index contributed by atoms with van der Waals surface area (Å²) in [6.07, 6.45) is -5.65. The van der Waals surface area contributed by atoms with Crippen LogP contribution in [0.1, 0.15) is 42.4 Å². The van der Waals surface area contributed by atoms with Crippen molar-refractivity contribution >= 4 is 16.4 Å². The lowest BCUT2D eigenvalue weighted by molar-refractivity contribution is -0.143. The maximum Gasteiger partial charge on any atom is 0.416 e. The van der Waals surface area contributed by atoms with Crippen molar-refractivity contribution in [2.75, 3.05) is 0 Å². The Hall–Kier alpha value is -1.31. The van der Waals surface area contributed by atoms with Crippen molar-refractivity contribution in [2.24, 2.45) is 0 Å². The highest BCUT2D eigenvalue weighted by atomic mass is 32.2. The largest absolute Gasteiger partial charge is 0.416 e. The summed E-state index contributed by atoms with van der Waals surface area (Å²) >= 11 is 0. The third kappa shape index (κ3) is 3.38. The van der Waals surface area contributed by atoms with Gasteiger partial charge in [-0.15, -0.1) is 0 Å². The number of hydrogen-bond donors (Lipinski definition) is 0. The fourth-order valence-corrected chi connectivity index (χ4v) is 5.19. The van der Waals surface area contributed by atoms with Crippen LogP contribution >= 0.6 is 0 Å². The van der Waals surface area contributed by atoms with E-state index in [2.05, 4.69) is 0 Å². The fraction of sp³-hybridized carbons (Fsp3) is 0.500. The van der Waals surface area contributed by atoms with Crippen molar-refractivity contribution in [2.45, 2.75) is 48.5 Å². The zero-order valence-corrected chi connectivity index (χ0v) is 13.2. The SMILES string of the molecule is O=S1C2C=C(c3cc(C(F)(F)F)cc(C(F)(F)F)c3)CC1CCC2. The lowest BCUT2D eigenvalue weighted by Crippen LogP contribution is -2.33. The molecule has 3 unspecified atom stereocenters. The van der Waals surface area contributed by atoms with Crippen molar-refractivity contribution in [3.05, 3.63) is 41.0 Å². The number of rotatable bonds is 1. The third-order valence-corrected chi connectivity index (χ3v) is 6.46. The normalized spacial score (nSPS) is 27.8. The Morgan fingerprint density at radius 2 is 1.50 bits per heavy atom. The summed E-state index contributed by atoms with van der Waals surface area (Å²) in [5, 5.41) is -0.469. The standard InChI is InChI=1S/C16H14F6OS/c17-15(18,19)11-4-9(5-12(8-11)16(20,21)22)10-6-13-2-1-3-14(7-10)24(13)23/h4-6,8,13-14H,1-3,7H2. The molecular weight excluding hydrogens is 354 g/mol. The van der Waals surface area contributed by atoms with Gasteiger partial charge in [-0.3, -0.25) is 4.21 Å². The second kappa shape index (κ2) is 5.89. The summed E-state index contributed by atoms with van der Waals surface area (Å²) in [6.45, 7) is 0. The third-order valence-electron chi connectivity index (χ3n) is 4.43. The first-order chi connectivity index (χ1) is 11.1. The summed E-state index contributed by atoms with van der Waals surface area (Å²) in [6, 6.07) is 1.64. The summed E-state index contributed by atoms with van der Waals surface area (Å²) in [4.78, 5) is 0. The van der Waals surface area contributed by atoms with Gasteiger partial charge in [-0.25, -0.2) is 0 Å². The van der Waals surface area contributed by atoms with Gasteiger partial charge in [0, 0.05) is 16.0 Å². The Kier molecular flexibility index (Phi) is 4.30. The van der Waals surface area contributed by atoms with E-state index in [1.165, 1.54) is 0 Å². The Morgan fingerprint density at radius 3 is 2.00 bits per heavy atom. The van der Waals surface area contributed by atoms with Gasteiger partial charge >= 0.3 is 12.4 Å². The zero-order chi connectivity index (χ0) is 17.7. The predicted molar refractivity (Wildman–Crippen MR) is 78.6 cm³/mol. The number of allylic oxidation sites excluding steroid dienone is 1. The van der Waals surface area contributed by atoms with E-state index >= 15 is 0 Å². The molecule has 8 heteroatoms. The van der Waals surface area contributed by atoms with E-state index in [0.717, 1.165) is 18.6 Å². The maximum atomic E-state index is 13.0. The molecule has 2 aliphatic rings. The lowest BCUT2D eigenvalue weighted by Gasteiger charge is -2.33. The molecule has 0 aromatic heterocycles. The van der Waals surface area contributed by atoms with Crippen molar-refractivity contribution < 1.29 is 30.6 Å². The van der Waals surface area contributed by atoms with Crippen molar-refractivity contribution in [1.29, 1.82) is 0 Å². The van der Waals surface area contributed by atoms with E-state index < -0.39 is 34.3 Å². The van der Waals surface area contributed by atoms with Gasteiger partial charge < -0.3 is 0 Å². The second-order valence-electron chi connectivity index (χ2n) is 6.11. The average molecular weight is 368 g/mol. The smallest absolute Gasteiger partial charge is 0.259 e. The maximum absolute atomic E-state index is 13.0. The predicted octanol–water partition coefficient (Wildman–Crippen LogP) is 5.18. The topological polar surface area (TPSA) is 17.1 Å². The quantitative estimate of drug-likeness (QED) is 0.624. The van der Waals surface area contributed by atoms with E-state index in [4.69, 9.17) is 0 Å². The van der Waals surface area contributed by atoms with Crippen LogP contribution < -0.4 is 0 Å². The summed E-state index contributed by atoms with van der Waals surface area (Å²) in [5.41, 5.74) is -2.28. The minimum Gasteiger partial charge on any atom is -0.259 e. The van der Waals surface area contributed by atoms with Crippen LogP contribution in [0.2, 0.25) is 0 Å². The van der Waals surface area contributed by atoms with Crippen molar-refractivity contribution in [3.63, 3.8) is 0 Å². The first-order valence-electron chi connectivity index (χ1n) is 7.45. The molecule has 1 saturated heterocycles. The van der Waals surface area contributed by atoms with Gasteiger partial charge in [0.15, 0.2) is 0 Å². The minimum atomic E-state index is -4.86. The molecule has 132 valence electrons. The molecule has 1 aromatic rings. The molecule has 1 aromatic carbocycles. The van der Waals surface area contributed by atoms with Gasteiger partial charge in [0.25, 0.3) is 0 Å². The van der Waals surface area contributed by atoms with Crippen molar-refractivity contribution in [3.8, 4) is 0 Å². The highest BCUT2D eigenvalue weighted by molar-refractivity contribution is 7.86. The van der Waals surface area contributed by atoms with Crippen LogP contribution in [-0.2, 0) is 23.2 Å². The average Bonchev–Trinajstić information content (AvgIpc) is 2.44. The Labute approximate surface area is 137 Å². The van der Waals surface area contributed by atoms with Gasteiger partial charge in [0.2, 0.25) is 0 Å². The van der Waals surface area contributed by atoms with Crippen LogP contribution in [0.15, 0.2) is 24.3 Å². The molecule has 0 aliphatic carbocycles. The minimum absolute atomic E-state index is 0.0780. The first kappa shape index (κ1) is 17.5. The highest BCUT2D eigenvalue weighted by Gasteiger charge is 2.38. The molecule has 0 spiro atoms. The van der Waals surface area contributed by atoms with Gasteiger partial charge in [-0.2, -0.15) is 26.3 Å². The molecule has 1 fully saturated rings. The van der Waals surface area contributed by atoms with Crippen LogP contribution in [-0.4, -0.2) is 14.7 Å². The molecule has 2 bridgehead atoms. The lowest BCUT2D eigenvalue weighted by atomic mass is 9.91. The molecule has 0 N–H and O–H groups in total. The Morgan fingerprint density at radius 1 is 0.917 bits per heavy atom. The molecule has 0 radical (unpaired) electrons. The van der Waals surface area contributed by atoms with Gasteiger partial charge in [-0.1, -0.05) is 12.5 Å². The number of hydrogen-bond acceptors (Lipinski definition) is 1. The van der Waals surface area contributed by atoms with Gasteiger partial charge in [-0.05, 0) is 48.6 Å². The molecule has 3 rings (SSSR count). The fourth-order valence-electron chi connectivity index (χ4n) is 3.25. The second-order valence-corrected chi connectivity index (χ2v) is 8.04. The molecule has 0 saturated carbocycles. The number of fused-ring (bicyclic) bond motifs is 2. The van der Waals surface area contributed by atoms with Crippen LogP contribution in [0.25, 0.3) is 5.57 Å². The van der Waals surface area contributed by atoms with Crippen LogP contribution in [0.5, 0.6) is 0 Å². The molecule has 0 amide bonds. The van der Waals surface area contributed by atoms with E-state index in [1.54, 1.807) is 6.08 Å². The Bertz CT molecular complexity index is 671. The molecule has 2 aliphatic heterocycles. The van der Waals surface area contributed by atoms with Crippen LogP contribution in [0.4, 0.5) is 26.3 Å². The molecule has 1 nitrogen and oxygen atoms in total. The van der Waals surface area contributed by atoms with E-state index in [9.17, 15) is 30.6 Å². The summed E-state index contributed by atoms with van der Waals surface area (Å²) < 4.78 is 89.9. The van der Waals surface area contributed by atoms with Crippen LogP contribution in [0, 0.1) is 0 Å². The van der Waals surface area contributed by atoms with Crippen LogP contribution in [0.3, 0.4) is 0 Å². The van der Waals surface area contributed by atoms with E-state index in [1.807, 2.05) is 0 Å². The number of halogens is 6. The van der Waals surface area contributed by atoms with Crippen molar-refractivity contribution in [1.82, 2.24) is 0 Å². The van der Waals surface area contributed by atoms with Gasteiger partial charge in [0.1, 0.15) is 0 Å². The molecule has 24 heavy (non-hydrogen) atoms.